The topological polar surface area (TPSA) is 32.3 Å². The minimum absolute atomic E-state index is 0.687. The summed E-state index contributed by atoms with van der Waals surface area (Å²) in [7, 11) is -1.20. The van der Waals surface area contributed by atoms with Crippen LogP contribution in [0.15, 0.2) is 12.3 Å². The first-order chi connectivity index (χ1) is 4.34. The maximum Gasteiger partial charge on any atom is 0.273 e. The van der Waals surface area contributed by atoms with E-state index in [-0.39, 0.29) is 0 Å². The second-order valence-corrected chi connectivity index (χ2v) is 3.67. The predicted octanol–water partition coefficient (Wildman–Crippen LogP) is 0.827. The number of rotatable bonds is 1. The van der Waals surface area contributed by atoms with Gasteiger partial charge in [-0.15, -0.1) is 0 Å². The van der Waals surface area contributed by atoms with Crippen molar-refractivity contribution in [3.8, 4) is 0 Å². The van der Waals surface area contributed by atoms with Gasteiger partial charge >= 0.3 is 0 Å². The minimum Gasteiger partial charge on any atom is -0.628 e. The Labute approximate surface area is 55.6 Å². The molecule has 1 atom stereocenters. The molecular formula is C6H9O2P. The summed E-state index contributed by atoms with van der Waals surface area (Å²) in [4.78, 5) is 11.0. The van der Waals surface area contributed by atoms with Crippen molar-refractivity contribution < 1.29 is 9.63 Å². The lowest BCUT2D eigenvalue weighted by molar-refractivity contribution is -0.153. The fourth-order valence-corrected chi connectivity index (χ4v) is 1.50. The quantitative estimate of drug-likeness (QED) is 0.510. The molecule has 9 heavy (non-hydrogen) atoms. The van der Waals surface area contributed by atoms with Gasteiger partial charge in [0.15, 0.2) is 0 Å². The average Bonchev–Trinajstić information content (AvgIpc) is 2.37. The fourth-order valence-electron chi connectivity index (χ4n) is 0.661. The van der Waals surface area contributed by atoms with Gasteiger partial charge in [-0.05, 0) is 13.0 Å². The molecule has 1 rings (SSSR count). The van der Waals surface area contributed by atoms with Crippen molar-refractivity contribution in [1.82, 2.24) is 0 Å². The molecule has 0 fully saturated rings. The van der Waals surface area contributed by atoms with E-state index in [1.807, 2.05) is 13.0 Å². The molecule has 0 saturated carbocycles. The molecule has 2 nitrogen and oxygen atoms in total. The molecule has 1 unspecified atom stereocenters. The lowest BCUT2D eigenvalue weighted by Crippen LogP contribution is -2.01. The van der Waals surface area contributed by atoms with E-state index in [2.05, 4.69) is 0 Å². The number of hydrogen-bond donors (Lipinski definition) is 0. The van der Waals surface area contributed by atoms with Crippen LogP contribution in [0.2, 0.25) is 0 Å². The summed E-state index contributed by atoms with van der Waals surface area (Å²) < 4.78 is 4.96. The molecule has 1 aliphatic rings. The third-order valence-corrected chi connectivity index (χ3v) is 2.58. The largest absolute Gasteiger partial charge is 0.628 e. The van der Waals surface area contributed by atoms with Crippen molar-refractivity contribution in [1.29, 1.82) is 0 Å². The smallest absolute Gasteiger partial charge is 0.273 e. The van der Waals surface area contributed by atoms with Crippen LogP contribution in [0.5, 0.6) is 0 Å². The maximum atomic E-state index is 11.0. The Morgan fingerprint density at radius 2 is 2.67 bits per heavy atom. The van der Waals surface area contributed by atoms with Gasteiger partial charge in [-0.3, -0.25) is 0 Å². The van der Waals surface area contributed by atoms with Crippen LogP contribution in [0.3, 0.4) is 0 Å². The third-order valence-electron chi connectivity index (χ3n) is 1.16. The summed E-state index contributed by atoms with van der Waals surface area (Å²) in [5, 5.41) is 0. The van der Waals surface area contributed by atoms with Crippen LogP contribution in [0.4, 0.5) is 0 Å². The summed E-state index contributed by atoms with van der Waals surface area (Å²) in [5.41, 5.74) is 0.729. The molecule has 0 amide bonds. The average molecular weight is 144 g/mol. The van der Waals surface area contributed by atoms with E-state index >= 15 is 0 Å². The molecule has 0 spiro atoms. The van der Waals surface area contributed by atoms with E-state index in [0.29, 0.717) is 6.16 Å². The zero-order valence-corrected chi connectivity index (χ0v) is 6.23. The van der Waals surface area contributed by atoms with E-state index in [1.54, 1.807) is 6.26 Å². The Morgan fingerprint density at radius 1 is 1.89 bits per heavy atom. The summed E-state index contributed by atoms with van der Waals surface area (Å²) in [6, 6.07) is 0. The first kappa shape index (κ1) is 6.79. The molecule has 0 N–H and O–H groups in total. The zero-order chi connectivity index (χ0) is 6.69. The SMILES string of the molecule is CC[P+]([O-])=C1CC=CO1. The highest BCUT2D eigenvalue weighted by molar-refractivity contribution is 7.51. The molecule has 50 valence electrons. The summed E-state index contributed by atoms with van der Waals surface area (Å²) in [6.07, 6.45) is 4.89. The first-order valence-electron chi connectivity index (χ1n) is 2.96. The molecule has 3 heteroatoms. The molecule has 0 aromatic carbocycles. The molecule has 0 radical (unpaired) electrons. The van der Waals surface area contributed by atoms with Crippen LogP contribution in [0.1, 0.15) is 13.3 Å². The summed E-state index contributed by atoms with van der Waals surface area (Å²) in [6.45, 7) is 1.90. The number of ether oxygens (including phenoxy) is 1. The van der Waals surface area contributed by atoms with Crippen LogP contribution in [0.25, 0.3) is 0 Å². The van der Waals surface area contributed by atoms with Gasteiger partial charge in [0.05, 0.1) is 20.5 Å². The Morgan fingerprint density at radius 3 is 3.11 bits per heavy atom. The van der Waals surface area contributed by atoms with Crippen LogP contribution >= 0.6 is 7.77 Å². The highest BCUT2D eigenvalue weighted by Crippen LogP contribution is 2.19. The van der Waals surface area contributed by atoms with Crippen molar-refractivity contribution in [3.63, 3.8) is 0 Å². The van der Waals surface area contributed by atoms with Crippen molar-refractivity contribution in [3.05, 3.63) is 12.3 Å². The van der Waals surface area contributed by atoms with Gasteiger partial charge in [0.1, 0.15) is 6.16 Å². The van der Waals surface area contributed by atoms with Crippen molar-refractivity contribution in [2.45, 2.75) is 13.3 Å². The minimum atomic E-state index is -1.20. The van der Waals surface area contributed by atoms with Crippen molar-refractivity contribution in [2.24, 2.45) is 0 Å². The molecule has 0 saturated heterocycles. The van der Waals surface area contributed by atoms with Gasteiger partial charge in [0.2, 0.25) is 0 Å². The Hall–Kier alpha value is -0.330. The van der Waals surface area contributed by atoms with Crippen molar-refractivity contribution in [2.75, 3.05) is 6.16 Å². The van der Waals surface area contributed by atoms with Gasteiger partial charge in [0, 0.05) is 0 Å². The molecule has 0 aromatic rings. The highest BCUT2D eigenvalue weighted by Gasteiger charge is 2.10. The molecule has 0 bridgehead atoms. The number of hydrogen-bond acceptors (Lipinski definition) is 2. The zero-order valence-electron chi connectivity index (χ0n) is 5.33. The monoisotopic (exact) mass is 144 g/mol. The summed E-state index contributed by atoms with van der Waals surface area (Å²) >= 11 is 0. The molecule has 0 aliphatic carbocycles. The second-order valence-electron chi connectivity index (χ2n) is 1.78. The van der Waals surface area contributed by atoms with Gasteiger partial charge in [0.25, 0.3) is 5.48 Å². The van der Waals surface area contributed by atoms with Crippen molar-refractivity contribution >= 4 is 13.3 Å². The Bertz CT molecular complexity index is 150. The Kier molecular flexibility index (Phi) is 2.26. The van der Waals surface area contributed by atoms with Crippen LogP contribution < -0.4 is 4.89 Å². The van der Waals surface area contributed by atoms with Gasteiger partial charge in [-0.25, -0.2) is 0 Å². The molecule has 1 heterocycles. The maximum absolute atomic E-state index is 11.0. The lowest BCUT2D eigenvalue weighted by Gasteiger charge is -1.96. The summed E-state index contributed by atoms with van der Waals surface area (Å²) in [5.74, 6) is 0. The fraction of sp³-hybridized carbons (Fsp3) is 0.500. The standard InChI is InChI=1S/C6H9O2P/c1-2-9(7)6-4-3-5-8-6/h3,5H,2,4H2,1H3. The van der Waals surface area contributed by atoms with E-state index in [1.165, 1.54) is 0 Å². The molecule has 0 aromatic heterocycles. The lowest BCUT2D eigenvalue weighted by atomic mass is 10.5. The van der Waals surface area contributed by atoms with Crippen LogP contribution in [-0.4, -0.2) is 11.6 Å². The van der Waals surface area contributed by atoms with Gasteiger partial charge < -0.3 is 9.63 Å². The van der Waals surface area contributed by atoms with Gasteiger partial charge in [-0.2, -0.15) is 0 Å². The molecular weight excluding hydrogens is 135 g/mol. The normalized spacial score (nSPS) is 22.0. The van der Waals surface area contributed by atoms with Crippen LogP contribution in [0, 0.1) is 0 Å². The van der Waals surface area contributed by atoms with E-state index in [9.17, 15) is 4.89 Å². The third kappa shape index (κ3) is 1.54. The van der Waals surface area contributed by atoms with Gasteiger partial charge in [-0.1, -0.05) is 0 Å². The van der Waals surface area contributed by atoms with E-state index in [0.717, 1.165) is 11.9 Å². The van der Waals surface area contributed by atoms with Crippen LogP contribution in [-0.2, 0) is 4.74 Å². The second kappa shape index (κ2) is 3.00. The van der Waals surface area contributed by atoms with E-state index < -0.39 is 7.77 Å². The Balaban J connectivity index is 2.60. The first-order valence-corrected chi connectivity index (χ1v) is 4.41. The van der Waals surface area contributed by atoms with E-state index in [4.69, 9.17) is 4.74 Å². The highest BCUT2D eigenvalue weighted by atomic mass is 31.1. The molecule has 1 aliphatic heterocycles. The predicted molar refractivity (Wildman–Crippen MR) is 37.3 cm³/mol.